The number of hydrogen-bond donors (Lipinski definition) is 1. The van der Waals surface area contributed by atoms with Crippen LogP contribution >= 0.6 is 0 Å². The first-order chi connectivity index (χ1) is 17.6. The lowest BCUT2D eigenvalue weighted by Gasteiger charge is -2.29. The zero-order valence-corrected chi connectivity index (χ0v) is 20.7. The van der Waals surface area contributed by atoms with Crippen molar-refractivity contribution in [1.29, 1.82) is 0 Å². The minimum atomic E-state index is -5.70. The van der Waals surface area contributed by atoms with Crippen LogP contribution in [-0.4, -0.2) is 49.4 Å². The van der Waals surface area contributed by atoms with Crippen LogP contribution in [0.2, 0.25) is 0 Å². The Hall–Kier alpha value is -3.44. The molecule has 0 unspecified atom stereocenters. The molecule has 0 fully saturated rings. The minimum absolute atomic E-state index is 0.181. The van der Waals surface area contributed by atoms with Crippen LogP contribution in [0.15, 0.2) is 60.8 Å². The van der Waals surface area contributed by atoms with Crippen molar-refractivity contribution in [3.8, 4) is 5.75 Å². The third-order valence-electron chi connectivity index (χ3n) is 6.01. The van der Waals surface area contributed by atoms with Gasteiger partial charge in [0, 0.05) is 37.3 Å². The van der Waals surface area contributed by atoms with E-state index in [1.54, 1.807) is 18.3 Å². The van der Waals surface area contributed by atoms with Gasteiger partial charge in [-0.2, -0.15) is 21.6 Å². The lowest BCUT2D eigenvalue weighted by molar-refractivity contribution is -0.116. The number of fused-ring (bicyclic) bond motifs is 2. The quantitative estimate of drug-likeness (QED) is 0.190. The number of rotatable bonds is 9. The van der Waals surface area contributed by atoms with Gasteiger partial charge < -0.3 is 9.50 Å². The molecule has 0 saturated heterocycles. The zero-order chi connectivity index (χ0) is 26.5. The summed E-state index contributed by atoms with van der Waals surface area (Å²) in [5, 5.41) is 3.86. The largest absolute Gasteiger partial charge is 0.534 e. The van der Waals surface area contributed by atoms with E-state index in [1.165, 1.54) is 18.2 Å². The molecular weight excluding hydrogens is 507 g/mol. The first kappa shape index (κ1) is 26.6. The van der Waals surface area contributed by atoms with E-state index in [1.807, 2.05) is 30.3 Å². The molecule has 7 nitrogen and oxygen atoms in total. The number of unbranched alkanes of at least 4 members (excludes halogenated alkanes) is 1. The molecule has 4 rings (SSSR count). The van der Waals surface area contributed by atoms with Crippen molar-refractivity contribution in [1.82, 2.24) is 15.2 Å². The first-order valence-electron chi connectivity index (χ1n) is 11.8. The summed E-state index contributed by atoms with van der Waals surface area (Å²) in [6.45, 7) is 2.52. The van der Waals surface area contributed by atoms with Gasteiger partial charge in [-0.3, -0.25) is 14.7 Å². The smallest absolute Gasteiger partial charge is 0.376 e. The summed E-state index contributed by atoms with van der Waals surface area (Å²) < 4.78 is 64.6. The van der Waals surface area contributed by atoms with Crippen molar-refractivity contribution < 1.29 is 30.6 Å². The van der Waals surface area contributed by atoms with Crippen LogP contribution in [0.4, 0.5) is 13.2 Å². The Kier molecular flexibility index (Phi) is 8.13. The lowest BCUT2D eigenvalue weighted by atomic mass is 9.99. The van der Waals surface area contributed by atoms with Crippen molar-refractivity contribution in [3.63, 3.8) is 0 Å². The molecule has 2 aromatic carbocycles. The van der Waals surface area contributed by atoms with E-state index < -0.39 is 15.6 Å². The molecule has 0 bridgehead atoms. The maximum atomic E-state index is 12.6. The van der Waals surface area contributed by atoms with Crippen LogP contribution in [0.5, 0.6) is 5.75 Å². The van der Waals surface area contributed by atoms with Gasteiger partial charge in [0.15, 0.2) is 0 Å². The van der Waals surface area contributed by atoms with Gasteiger partial charge in [-0.1, -0.05) is 18.2 Å². The molecule has 37 heavy (non-hydrogen) atoms. The number of hydrogen-bond acceptors (Lipinski definition) is 6. The number of halogens is 3. The summed E-state index contributed by atoms with van der Waals surface area (Å²) in [5.74, 6) is -0.534. The lowest BCUT2D eigenvalue weighted by Crippen LogP contribution is -2.32. The predicted molar refractivity (Wildman–Crippen MR) is 134 cm³/mol. The van der Waals surface area contributed by atoms with Gasteiger partial charge in [-0.25, -0.2) is 0 Å². The van der Waals surface area contributed by atoms with Gasteiger partial charge >= 0.3 is 15.6 Å². The third-order valence-corrected chi connectivity index (χ3v) is 6.99. The number of amides is 1. The number of carbonyl (C=O) groups excluding carboxylic acids is 1. The van der Waals surface area contributed by atoms with Crippen molar-refractivity contribution in [2.24, 2.45) is 0 Å². The molecule has 1 aliphatic heterocycles. The Morgan fingerprint density at radius 1 is 1.11 bits per heavy atom. The Balaban J connectivity index is 1.20. The summed E-state index contributed by atoms with van der Waals surface area (Å²) in [6.07, 6.45) is 7.27. The topological polar surface area (TPSA) is 88.6 Å². The highest BCUT2D eigenvalue weighted by atomic mass is 32.2. The van der Waals surface area contributed by atoms with Gasteiger partial charge in [0.1, 0.15) is 5.75 Å². The van der Waals surface area contributed by atoms with Gasteiger partial charge in [0.05, 0.1) is 5.52 Å². The highest BCUT2D eigenvalue weighted by Crippen LogP contribution is 2.29. The molecule has 1 aliphatic rings. The Morgan fingerprint density at radius 2 is 1.95 bits per heavy atom. The summed E-state index contributed by atoms with van der Waals surface area (Å²) in [6, 6.07) is 13.8. The normalized spacial score (nSPS) is 14.6. The number of pyridine rings is 1. The Labute approximate surface area is 213 Å². The minimum Gasteiger partial charge on any atom is -0.376 e. The van der Waals surface area contributed by atoms with E-state index in [0.29, 0.717) is 19.5 Å². The highest BCUT2D eigenvalue weighted by molar-refractivity contribution is 7.88. The van der Waals surface area contributed by atoms with Crippen molar-refractivity contribution in [3.05, 3.63) is 77.5 Å². The number of benzene rings is 2. The fourth-order valence-corrected chi connectivity index (χ4v) is 4.56. The Bertz CT molecular complexity index is 1410. The van der Waals surface area contributed by atoms with Crippen LogP contribution in [0.3, 0.4) is 0 Å². The molecule has 3 aromatic rings. The predicted octanol–water partition coefficient (Wildman–Crippen LogP) is 4.43. The van der Waals surface area contributed by atoms with E-state index >= 15 is 0 Å². The molecule has 0 radical (unpaired) electrons. The maximum absolute atomic E-state index is 12.6. The molecule has 0 atom stereocenters. The van der Waals surface area contributed by atoms with E-state index in [9.17, 15) is 26.4 Å². The molecule has 196 valence electrons. The SMILES string of the molecule is O=C(/C=C/c1ccc2ncccc2c1)NCCCCN1CCc2ccc(OS(=O)(=O)C(F)(F)F)cc2C1. The molecular formula is C26H26F3N3O4S. The number of nitrogens with one attached hydrogen (secondary N) is 1. The average Bonchev–Trinajstić information content (AvgIpc) is 2.86. The molecule has 0 spiro atoms. The standard InChI is InChI=1S/C26H26F3N3O4S/c27-26(28,29)37(34,35)36-23-8-7-20-11-15-32(18-22(20)17-23)14-2-1-12-31-25(33)10-6-19-5-9-24-21(16-19)4-3-13-30-24/h3-10,13,16-17H,1-2,11-12,14-15,18H2,(H,31,33)/b10-6+. The monoisotopic (exact) mass is 533 g/mol. The third kappa shape index (κ3) is 7.07. The van der Waals surface area contributed by atoms with Crippen LogP contribution in [0.1, 0.15) is 29.5 Å². The van der Waals surface area contributed by atoms with Gasteiger partial charge in [-0.05, 0) is 78.9 Å². The second-order valence-corrected chi connectivity index (χ2v) is 10.3. The number of nitrogens with zero attached hydrogens (tertiary/aromatic N) is 2. The van der Waals surface area contributed by atoms with Crippen molar-refractivity contribution in [2.75, 3.05) is 19.6 Å². The molecule has 0 aliphatic carbocycles. The maximum Gasteiger partial charge on any atom is 0.534 e. The fraction of sp³-hybridized carbons (Fsp3) is 0.308. The highest BCUT2D eigenvalue weighted by Gasteiger charge is 2.48. The van der Waals surface area contributed by atoms with Gasteiger partial charge in [-0.15, -0.1) is 0 Å². The van der Waals surface area contributed by atoms with Crippen molar-refractivity contribution >= 4 is 33.0 Å². The van der Waals surface area contributed by atoms with Crippen LogP contribution in [-0.2, 0) is 27.9 Å². The first-order valence-corrected chi connectivity index (χ1v) is 13.2. The summed E-state index contributed by atoms with van der Waals surface area (Å²) in [4.78, 5) is 18.5. The van der Waals surface area contributed by atoms with Crippen LogP contribution in [0.25, 0.3) is 17.0 Å². The molecule has 2 heterocycles. The number of aromatic nitrogens is 1. The van der Waals surface area contributed by atoms with Crippen molar-refractivity contribution in [2.45, 2.75) is 31.3 Å². The number of alkyl halides is 3. The van der Waals surface area contributed by atoms with Crippen LogP contribution in [0, 0.1) is 0 Å². The summed E-state index contributed by atoms with van der Waals surface area (Å²) in [5.41, 5.74) is -1.98. The van der Waals surface area contributed by atoms with E-state index in [0.717, 1.165) is 53.5 Å². The van der Waals surface area contributed by atoms with Gasteiger partial charge in [0.2, 0.25) is 5.91 Å². The molecule has 1 N–H and O–H groups in total. The molecule has 1 amide bonds. The number of carbonyl (C=O) groups is 1. The van der Waals surface area contributed by atoms with E-state index in [4.69, 9.17) is 0 Å². The summed E-state index contributed by atoms with van der Waals surface area (Å²) >= 11 is 0. The fourth-order valence-electron chi connectivity index (χ4n) is 4.11. The van der Waals surface area contributed by atoms with E-state index in [-0.39, 0.29) is 11.7 Å². The Morgan fingerprint density at radius 3 is 2.76 bits per heavy atom. The molecule has 11 heteroatoms. The van der Waals surface area contributed by atoms with Crippen LogP contribution < -0.4 is 9.50 Å². The average molecular weight is 534 g/mol. The molecule has 0 saturated carbocycles. The summed E-state index contributed by atoms with van der Waals surface area (Å²) in [7, 11) is -5.70. The molecule has 1 aromatic heterocycles. The van der Waals surface area contributed by atoms with E-state index in [2.05, 4.69) is 19.4 Å². The zero-order valence-electron chi connectivity index (χ0n) is 19.9. The second kappa shape index (κ2) is 11.3. The van der Waals surface area contributed by atoms with Gasteiger partial charge in [0.25, 0.3) is 0 Å². The second-order valence-electron chi connectivity index (χ2n) is 8.73.